The highest BCUT2D eigenvalue weighted by molar-refractivity contribution is 7.80. The van der Waals surface area contributed by atoms with Crippen LogP contribution in [0, 0.1) is 0 Å². The van der Waals surface area contributed by atoms with Crippen molar-refractivity contribution in [3.05, 3.63) is 0 Å². The minimum atomic E-state index is -5.02. The van der Waals surface area contributed by atoms with E-state index in [-0.39, 0.29) is 13.2 Å². The van der Waals surface area contributed by atoms with Gasteiger partial charge < -0.3 is 34.3 Å². The highest BCUT2D eigenvalue weighted by Crippen LogP contribution is 2.25. The van der Waals surface area contributed by atoms with Crippen LogP contribution in [-0.2, 0) is 38.3 Å². The lowest BCUT2D eigenvalue weighted by atomic mass is 9.99. The van der Waals surface area contributed by atoms with Gasteiger partial charge in [-0.05, 0) is 6.42 Å². The molecule has 1 aliphatic rings. The smallest absolute Gasteiger partial charge is 0.397 e. The number of carbonyl (C=O) groups is 1. The molecule has 0 radical (unpaired) electrons. The molecule has 0 amide bonds. The van der Waals surface area contributed by atoms with Crippen molar-refractivity contribution in [3.8, 4) is 0 Å². The van der Waals surface area contributed by atoms with Gasteiger partial charge in [0.15, 0.2) is 6.29 Å². The van der Waals surface area contributed by atoms with Gasteiger partial charge in [-0.2, -0.15) is 8.42 Å². The lowest BCUT2D eigenvalue weighted by Gasteiger charge is -2.41. The molecule has 0 bridgehead atoms. The zero-order valence-electron chi connectivity index (χ0n) is 20.6. The van der Waals surface area contributed by atoms with Crippen LogP contribution >= 0.6 is 0 Å². The van der Waals surface area contributed by atoms with Crippen LogP contribution in [0.3, 0.4) is 0 Å². The van der Waals surface area contributed by atoms with Crippen LogP contribution in [0.25, 0.3) is 0 Å². The van der Waals surface area contributed by atoms with Crippen molar-refractivity contribution >= 4 is 16.4 Å². The third kappa shape index (κ3) is 13.8. The van der Waals surface area contributed by atoms with E-state index in [1.165, 1.54) is 45.4 Å². The fraction of sp³-hybridized carbons (Fsp3) is 0.955. The molecule has 0 saturated carbocycles. The average Bonchev–Trinajstić information content (AvgIpc) is 2.78. The van der Waals surface area contributed by atoms with Gasteiger partial charge in [0.25, 0.3) is 0 Å². The zero-order chi connectivity index (χ0) is 26.3. The maximum atomic E-state index is 11.4. The van der Waals surface area contributed by atoms with E-state index in [1.54, 1.807) is 0 Å². The summed E-state index contributed by atoms with van der Waals surface area (Å²) >= 11 is 0. The van der Waals surface area contributed by atoms with Gasteiger partial charge in [-0.25, -0.2) is 4.18 Å². The molecule has 0 aromatic heterocycles. The van der Waals surface area contributed by atoms with Gasteiger partial charge in [0.05, 0.1) is 19.8 Å². The number of hydrogen-bond acceptors (Lipinski definition) is 11. The summed E-state index contributed by atoms with van der Waals surface area (Å²) in [7, 11) is -5.02. The average molecular weight is 531 g/mol. The number of carbonyl (C=O) groups excluding carboxylic acids is 1. The van der Waals surface area contributed by atoms with Crippen LogP contribution in [0.5, 0.6) is 0 Å². The molecular weight excluding hydrogens is 488 g/mol. The summed E-state index contributed by atoms with van der Waals surface area (Å²) in [6.45, 7) is 2.88. The van der Waals surface area contributed by atoms with E-state index >= 15 is 0 Å². The molecule has 1 aliphatic heterocycles. The normalized spacial score (nSPS) is 25.9. The van der Waals surface area contributed by atoms with E-state index in [1.807, 2.05) is 0 Å². The second kappa shape index (κ2) is 17.5. The predicted molar refractivity (Wildman–Crippen MR) is 124 cm³/mol. The van der Waals surface area contributed by atoms with E-state index < -0.39 is 59.8 Å². The summed E-state index contributed by atoms with van der Waals surface area (Å²) in [6.07, 6.45) is 1.35. The fourth-order valence-corrected chi connectivity index (χ4v) is 4.24. The second-order valence-electron chi connectivity index (χ2n) is 8.66. The molecule has 13 heteroatoms. The zero-order valence-corrected chi connectivity index (χ0v) is 21.4. The minimum absolute atomic E-state index is 0.0242. The van der Waals surface area contributed by atoms with Crippen LogP contribution in [0.4, 0.5) is 0 Å². The van der Waals surface area contributed by atoms with E-state index in [0.717, 1.165) is 19.3 Å². The molecule has 1 heterocycles. The Balaban J connectivity index is 2.45. The first-order chi connectivity index (χ1) is 16.6. The Morgan fingerprint density at radius 3 is 2.11 bits per heavy atom. The van der Waals surface area contributed by atoms with E-state index in [2.05, 4.69) is 11.1 Å². The largest absolute Gasteiger partial charge is 0.458 e. The van der Waals surface area contributed by atoms with Gasteiger partial charge in [0.2, 0.25) is 0 Å². The van der Waals surface area contributed by atoms with Crippen molar-refractivity contribution in [2.45, 2.75) is 108 Å². The molecule has 1 rings (SSSR count). The summed E-state index contributed by atoms with van der Waals surface area (Å²) in [5, 5.41) is 29.7. The third-order valence-corrected chi connectivity index (χ3v) is 5.99. The first-order valence-electron chi connectivity index (χ1n) is 12.2. The Labute approximate surface area is 207 Å². The van der Waals surface area contributed by atoms with Crippen LogP contribution < -0.4 is 0 Å². The SMILES string of the molecule is CCCCCCCCCCCOCC(COC1OC(CO)C(O)C(OS(=O)(=O)O)C1O)OC(C)=O. The van der Waals surface area contributed by atoms with Gasteiger partial charge in [0.1, 0.15) is 30.5 Å². The van der Waals surface area contributed by atoms with Gasteiger partial charge in [-0.15, -0.1) is 0 Å². The summed E-state index contributed by atoms with van der Waals surface area (Å²) in [5.41, 5.74) is 0. The molecule has 0 aromatic carbocycles. The lowest BCUT2D eigenvalue weighted by Crippen LogP contribution is -2.60. The Hall–Kier alpha value is -0.900. The first-order valence-corrected chi connectivity index (χ1v) is 13.6. The van der Waals surface area contributed by atoms with Crippen LogP contribution in [-0.4, -0.2) is 97.5 Å². The molecular formula is C22H42O12S. The van der Waals surface area contributed by atoms with Gasteiger partial charge >= 0.3 is 16.4 Å². The molecule has 1 fully saturated rings. The fourth-order valence-electron chi connectivity index (χ4n) is 3.73. The Morgan fingerprint density at radius 1 is 0.971 bits per heavy atom. The molecule has 0 spiro atoms. The van der Waals surface area contributed by atoms with Crippen molar-refractivity contribution < 1.29 is 56.2 Å². The van der Waals surface area contributed by atoms with Gasteiger partial charge in [-0.1, -0.05) is 58.3 Å². The number of unbranched alkanes of at least 4 members (excludes halogenated alkanes) is 8. The van der Waals surface area contributed by atoms with Crippen molar-refractivity contribution in [1.29, 1.82) is 0 Å². The number of ether oxygens (including phenoxy) is 4. The molecule has 208 valence electrons. The van der Waals surface area contributed by atoms with Crippen LogP contribution in [0.15, 0.2) is 0 Å². The molecule has 0 aromatic rings. The first kappa shape index (κ1) is 32.1. The molecule has 0 aliphatic carbocycles. The molecule has 35 heavy (non-hydrogen) atoms. The standard InChI is InChI=1S/C22H42O12S/c1-3-4-5-6-7-8-9-10-11-12-30-14-17(32-16(2)24)15-31-22-20(26)21(34-35(27,28)29)19(25)18(13-23)33-22/h17-23,25-26H,3-15H2,1-2H3,(H,27,28,29). The van der Waals surface area contributed by atoms with E-state index in [4.69, 9.17) is 23.5 Å². The number of aliphatic hydroxyl groups excluding tert-OH is 3. The minimum Gasteiger partial charge on any atom is -0.458 e. The molecule has 6 atom stereocenters. The predicted octanol–water partition coefficient (Wildman–Crippen LogP) is 1.11. The molecule has 6 unspecified atom stereocenters. The maximum Gasteiger partial charge on any atom is 0.397 e. The summed E-state index contributed by atoms with van der Waals surface area (Å²) in [4.78, 5) is 11.4. The third-order valence-electron chi connectivity index (χ3n) is 5.53. The highest BCUT2D eigenvalue weighted by atomic mass is 32.3. The monoisotopic (exact) mass is 530 g/mol. The summed E-state index contributed by atoms with van der Waals surface area (Å²) in [6, 6.07) is 0. The van der Waals surface area contributed by atoms with Crippen LogP contribution in [0.2, 0.25) is 0 Å². The van der Waals surface area contributed by atoms with Crippen molar-refractivity contribution in [2.24, 2.45) is 0 Å². The number of rotatable bonds is 19. The second-order valence-corrected chi connectivity index (χ2v) is 9.71. The number of esters is 1. The Morgan fingerprint density at radius 2 is 1.57 bits per heavy atom. The number of hydrogen-bond donors (Lipinski definition) is 4. The quantitative estimate of drug-likeness (QED) is 0.106. The summed E-state index contributed by atoms with van der Waals surface area (Å²) in [5.74, 6) is -0.577. The Kier molecular flexibility index (Phi) is 16.1. The van der Waals surface area contributed by atoms with Crippen molar-refractivity contribution in [1.82, 2.24) is 0 Å². The topological polar surface area (TPSA) is 178 Å². The number of aliphatic hydroxyl groups is 3. The molecule has 1 saturated heterocycles. The van der Waals surface area contributed by atoms with Gasteiger partial charge in [-0.3, -0.25) is 9.35 Å². The van der Waals surface area contributed by atoms with Gasteiger partial charge in [0, 0.05) is 13.5 Å². The Bertz CT molecular complexity index is 673. The van der Waals surface area contributed by atoms with Crippen molar-refractivity contribution in [2.75, 3.05) is 26.4 Å². The van der Waals surface area contributed by atoms with E-state index in [0.29, 0.717) is 6.61 Å². The van der Waals surface area contributed by atoms with Crippen LogP contribution in [0.1, 0.15) is 71.6 Å². The summed E-state index contributed by atoms with van der Waals surface area (Å²) < 4.78 is 56.8. The van der Waals surface area contributed by atoms with Crippen molar-refractivity contribution in [3.63, 3.8) is 0 Å². The van der Waals surface area contributed by atoms with E-state index in [9.17, 15) is 28.5 Å². The highest BCUT2D eigenvalue weighted by Gasteiger charge is 2.47. The maximum absolute atomic E-state index is 11.4. The lowest BCUT2D eigenvalue weighted by molar-refractivity contribution is -0.301. The molecule has 12 nitrogen and oxygen atoms in total. The molecule has 4 N–H and O–H groups in total.